The Labute approximate surface area is 205 Å². The van der Waals surface area contributed by atoms with Crippen LogP contribution in [0.2, 0.25) is 0 Å². The van der Waals surface area contributed by atoms with Gasteiger partial charge in [-0.25, -0.2) is 4.39 Å². The number of Topliss-reactive ketones (excluding diaryl/α,β-unsaturated/α-hetero) is 1. The average Bonchev–Trinajstić information content (AvgIpc) is 3.10. The molecule has 8 heteroatoms. The number of methoxy groups -OCH3 is 1. The number of ketones is 1. The summed E-state index contributed by atoms with van der Waals surface area (Å²) in [6, 6.07) is 5.19. The summed E-state index contributed by atoms with van der Waals surface area (Å²) in [6.07, 6.45) is 1.65. The fourth-order valence-electron chi connectivity index (χ4n) is 4.08. The van der Waals surface area contributed by atoms with Crippen LogP contribution in [-0.2, 0) is 12.0 Å². The van der Waals surface area contributed by atoms with Crippen LogP contribution in [0.5, 0.6) is 23.0 Å². The van der Waals surface area contributed by atoms with Crippen molar-refractivity contribution in [1.82, 2.24) is 4.57 Å². The molecule has 2 N–H and O–H groups in total. The summed E-state index contributed by atoms with van der Waals surface area (Å²) >= 11 is 0. The van der Waals surface area contributed by atoms with E-state index in [9.17, 15) is 4.79 Å². The lowest BCUT2D eigenvalue weighted by atomic mass is 9.84. The van der Waals surface area contributed by atoms with Crippen molar-refractivity contribution in [3.63, 3.8) is 0 Å². The predicted molar refractivity (Wildman–Crippen MR) is 136 cm³/mol. The third-order valence-corrected chi connectivity index (χ3v) is 5.67. The van der Waals surface area contributed by atoms with Gasteiger partial charge in [0.25, 0.3) is 0 Å². The quantitative estimate of drug-likeness (QED) is 0.368. The lowest BCUT2D eigenvalue weighted by molar-refractivity contribution is 0.0972. The zero-order valence-electron chi connectivity index (χ0n) is 21.6. The van der Waals surface area contributed by atoms with Crippen LogP contribution in [0.15, 0.2) is 24.4 Å². The number of carbonyl (C=O) groups excluding carboxylic acids is 1. The number of hydrogen-bond acceptors (Lipinski definition) is 6. The molecule has 35 heavy (non-hydrogen) atoms. The fourth-order valence-corrected chi connectivity index (χ4v) is 4.08. The summed E-state index contributed by atoms with van der Waals surface area (Å²) in [7, 11) is 1.59. The van der Waals surface area contributed by atoms with Gasteiger partial charge in [0.15, 0.2) is 34.6 Å². The van der Waals surface area contributed by atoms with E-state index >= 15 is 4.39 Å². The molecule has 0 spiro atoms. The van der Waals surface area contributed by atoms with Crippen LogP contribution in [0.3, 0.4) is 0 Å². The highest BCUT2D eigenvalue weighted by Gasteiger charge is 2.26. The van der Waals surface area contributed by atoms with Crippen molar-refractivity contribution in [3.8, 4) is 23.0 Å². The van der Waals surface area contributed by atoms with E-state index in [-0.39, 0.29) is 41.3 Å². The highest BCUT2D eigenvalue weighted by atomic mass is 19.1. The van der Waals surface area contributed by atoms with Gasteiger partial charge >= 0.3 is 0 Å². The number of nitrogens with two attached hydrogens (primary N) is 1. The van der Waals surface area contributed by atoms with E-state index in [1.165, 1.54) is 0 Å². The van der Waals surface area contributed by atoms with Crippen LogP contribution < -0.4 is 24.7 Å². The predicted octanol–water partition coefficient (Wildman–Crippen LogP) is 5.75. The number of hydrogen-bond donors (Lipinski definition) is 1. The Balaban J connectivity index is 2.07. The van der Waals surface area contributed by atoms with Crippen molar-refractivity contribution < 1.29 is 28.1 Å². The van der Waals surface area contributed by atoms with E-state index in [0.29, 0.717) is 41.4 Å². The molecule has 1 heterocycles. The van der Waals surface area contributed by atoms with Gasteiger partial charge in [-0.05, 0) is 44.4 Å². The van der Waals surface area contributed by atoms with E-state index in [1.807, 2.05) is 40.7 Å². The largest absolute Gasteiger partial charge is 0.493 e. The minimum Gasteiger partial charge on any atom is -0.493 e. The van der Waals surface area contributed by atoms with Crippen molar-refractivity contribution in [2.45, 2.75) is 53.5 Å². The number of nitrogen functional groups attached to an aromatic ring is 1. The molecule has 0 aliphatic heterocycles. The zero-order valence-corrected chi connectivity index (χ0v) is 21.6. The van der Waals surface area contributed by atoms with Gasteiger partial charge < -0.3 is 29.2 Å². The van der Waals surface area contributed by atoms with Crippen LogP contribution >= 0.6 is 0 Å². The van der Waals surface area contributed by atoms with E-state index in [2.05, 4.69) is 0 Å². The minimum absolute atomic E-state index is 0.0176. The standard InChI is InChI=1S/C27H35FN2O5/c1-8-33-20-12-16(11-18(24(20)32-7)27(4,5)6)19(31)15-30-14-17-13-21(34-9-2)25(35-10-3)23(28)22(17)26(30)29/h11-14H,8-10,15,29H2,1-7H3. The van der Waals surface area contributed by atoms with Gasteiger partial charge in [-0.1, -0.05) is 20.8 Å². The van der Waals surface area contributed by atoms with E-state index in [4.69, 9.17) is 24.7 Å². The van der Waals surface area contributed by atoms with Crippen LogP contribution in [0, 0.1) is 5.82 Å². The van der Waals surface area contributed by atoms with Crippen molar-refractivity contribution >= 4 is 22.4 Å². The summed E-state index contributed by atoms with van der Waals surface area (Å²) < 4.78 is 39.4. The molecule has 0 saturated heterocycles. The van der Waals surface area contributed by atoms with Crippen molar-refractivity contribution in [2.24, 2.45) is 0 Å². The summed E-state index contributed by atoms with van der Waals surface area (Å²) in [4.78, 5) is 13.4. The van der Waals surface area contributed by atoms with E-state index in [1.54, 1.807) is 36.9 Å². The molecule has 0 fully saturated rings. The molecule has 0 atom stereocenters. The van der Waals surface area contributed by atoms with Gasteiger partial charge in [-0.2, -0.15) is 0 Å². The lowest BCUT2D eigenvalue weighted by Gasteiger charge is -2.25. The van der Waals surface area contributed by atoms with Crippen LogP contribution in [-0.4, -0.2) is 37.3 Å². The molecule has 0 bridgehead atoms. The highest BCUT2D eigenvalue weighted by Crippen LogP contribution is 2.41. The third kappa shape index (κ3) is 5.16. The highest BCUT2D eigenvalue weighted by molar-refractivity contribution is 6.00. The first-order valence-corrected chi connectivity index (χ1v) is 11.8. The Morgan fingerprint density at radius 3 is 2.11 bits per heavy atom. The van der Waals surface area contributed by atoms with Gasteiger partial charge in [-0.3, -0.25) is 4.79 Å². The molecule has 0 aliphatic carbocycles. The van der Waals surface area contributed by atoms with Crippen molar-refractivity contribution in [1.29, 1.82) is 0 Å². The smallest absolute Gasteiger partial charge is 0.197 e. The molecular formula is C27H35FN2O5. The van der Waals surface area contributed by atoms with E-state index in [0.717, 1.165) is 5.56 Å². The number of aromatic nitrogens is 1. The number of rotatable bonds is 10. The van der Waals surface area contributed by atoms with Gasteiger partial charge in [0.05, 0.1) is 38.9 Å². The van der Waals surface area contributed by atoms with Crippen molar-refractivity contribution in [3.05, 3.63) is 41.3 Å². The SMILES string of the molecule is CCOc1cc(C(=O)Cn2cc3cc(OCC)c(OCC)c(F)c3c2N)cc(C(C)(C)C)c1OC. The average molecular weight is 487 g/mol. The molecular weight excluding hydrogens is 451 g/mol. The van der Waals surface area contributed by atoms with Gasteiger partial charge in [0.2, 0.25) is 0 Å². The molecule has 0 radical (unpaired) electrons. The fraction of sp³-hybridized carbons (Fsp3) is 0.444. The monoisotopic (exact) mass is 486 g/mol. The van der Waals surface area contributed by atoms with Crippen molar-refractivity contribution in [2.75, 3.05) is 32.7 Å². The van der Waals surface area contributed by atoms with Crippen LogP contribution in [0.4, 0.5) is 10.2 Å². The maximum absolute atomic E-state index is 15.4. The second-order valence-corrected chi connectivity index (χ2v) is 9.15. The molecule has 0 unspecified atom stereocenters. The lowest BCUT2D eigenvalue weighted by Crippen LogP contribution is -2.17. The summed E-state index contributed by atoms with van der Waals surface area (Å²) in [5.74, 6) is 0.778. The summed E-state index contributed by atoms with van der Waals surface area (Å²) in [5, 5.41) is 0.727. The Morgan fingerprint density at radius 2 is 1.57 bits per heavy atom. The Kier molecular flexibility index (Phi) is 7.83. The maximum Gasteiger partial charge on any atom is 0.197 e. The molecule has 3 aromatic rings. The third-order valence-electron chi connectivity index (χ3n) is 5.67. The summed E-state index contributed by atoms with van der Waals surface area (Å²) in [6.45, 7) is 12.6. The molecule has 3 rings (SSSR count). The molecule has 190 valence electrons. The maximum atomic E-state index is 15.4. The van der Waals surface area contributed by atoms with Gasteiger partial charge in [0.1, 0.15) is 5.82 Å². The second kappa shape index (κ2) is 10.5. The molecule has 0 amide bonds. The normalized spacial score (nSPS) is 11.5. The molecule has 1 aromatic heterocycles. The number of halogens is 1. The molecule has 7 nitrogen and oxygen atoms in total. The number of nitrogens with zero attached hydrogens (tertiary/aromatic N) is 1. The number of benzene rings is 2. The van der Waals surface area contributed by atoms with E-state index < -0.39 is 5.82 Å². The number of ether oxygens (including phenoxy) is 4. The summed E-state index contributed by atoms with van der Waals surface area (Å²) in [5.41, 5.74) is 7.33. The second-order valence-electron chi connectivity index (χ2n) is 9.15. The number of anilines is 1. The minimum atomic E-state index is -0.602. The van der Waals surface area contributed by atoms with Crippen LogP contribution in [0.25, 0.3) is 10.8 Å². The Hall–Kier alpha value is -3.42. The first-order valence-electron chi connectivity index (χ1n) is 11.8. The molecule has 0 saturated carbocycles. The van der Waals surface area contributed by atoms with Gasteiger partial charge in [0, 0.05) is 22.7 Å². The first kappa shape index (κ1) is 26.2. The Morgan fingerprint density at radius 1 is 0.971 bits per heavy atom. The molecule has 2 aromatic carbocycles. The number of carbonyl (C=O) groups is 1. The number of fused-ring (bicyclic) bond motifs is 1. The Bertz CT molecular complexity index is 1230. The molecule has 0 aliphatic rings. The van der Waals surface area contributed by atoms with Crippen LogP contribution in [0.1, 0.15) is 57.5 Å². The van der Waals surface area contributed by atoms with Gasteiger partial charge in [-0.15, -0.1) is 0 Å². The zero-order chi connectivity index (χ0) is 25.9. The topological polar surface area (TPSA) is 84.9 Å². The first-order chi connectivity index (χ1) is 16.6.